The van der Waals surface area contributed by atoms with Crippen molar-refractivity contribution < 1.29 is 13.9 Å². The summed E-state index contributed by atoms with van der Waals surface area (Å²) in [7, 11) is 0. The molecule has 1 heterocycles. The minimum Gasteiger partial charge on any atom is -0.460 e. The third-order valence-corrected chi connectivity index (χ3v) is 5.05. The third kappa shape index (κ3) is 4.75. The van der Waals surface area contributed by atoms with Crippen molar-refractivity contribution in [3.8, 4) is 23.3 Å². The zero-order valence-electron chi connectivity index (χ0n) is 15.6. The van der Waals surface area contributed by atoms with E-state index in [0.717, 1.165) is 17.3 Å². The molecule has 2 aromatic carbocycles. The molecule has 0 aliphatic carbocycles. The van der Waals surface area contributed by atoms with Crippen LogP contribution in [0.3, 0.4) is 0 Å². The molecule has 1 aromatic heterocycles. The van der Waals surface area contributed by atoms with E-state index < -0.39 is 11.8 Å². The van der Waals surface area contributed by atoms with Gasteiger partial charge in [0.2, 0.25) is 0 Å². The molecule has 0 saturated carbocycles. The maximum absolute atomic E-state index is 13.7. The first-order valence-corrected chi connectivity index (χ1v) is 9.74. The Hall–Kier alpha value is -3.88. The monoisotopic (exact) mass is 418 g/mol. The first kappa shape index (κ1) is 20.8. The summed E-state index contributed by atoms with van der Waals surface area (Å²) < 4.78 is 19.0. The molecule has 0 atom stereocenters. The van der Waals surface area contributed by atoms with E-state index in [1.54, 1.807) is 6.07 Å². The number of benzene rings is 2. The van der Waals surface area contributed by atoms with Gasteiger partial charge in [-0.3, -0.25) is 4.79 Å². The van der Waals surface area contributed by atoms with E-state index >= 15 is 0 Å². The van der Waals surface area contributed by atoms with Crippen molar-refractivity contribution in [3.05, 3.63) is 77.1 Å². The number of rotatable bonds is 6. The van der Waals surface area contributed by atoms with Crippen LogP contribution in [0.2, 0.25) is 0 Å². The number of nitrogen functional groups attached to an aromatic ring is 1. The topological polar surface area (TPSA) is 113 Å². The average Bonchev–Trinajstić information content (AvgIpc) is 2.76. The van der Waals surface area contributed by atoms with Crippen molar-refractivity contribution in [3.63, 3.8) is 0 Å². The smallest absolute Gasteiger partial charge is 0.316 e. The molecular weight excluding hydrogens is 403 g/mol. The first-order chi connectivity index (χ1) is 14.5. The zero-order valence-corrected chi connectivity index (χ0v) is 16.4. The Morgan fingerprint density at radius 3 is 2.50 bits per heavy atom. The quantitative estimate of drug-likeness (QED) is 0.474. The van der Waals surface area contributed by atoms with Crippen LogP contribution < -0.4 is 5.73 Å². The van der Waals surface area contributed by atoms with Gasteiger partial charge in [-0.05, 0) is 23.3 Å². The largest absolute Gasteiger partial charge is 0.460 e. The molecular formula is C22H15FN4O2S. The molecule has 8 heteroatoms. The van der Waals surface area contributed by atoms with Crippen LogP contribution in [0.4, 0.5) is 10.2 Å². The summed E-state index contributed by atoms with van der Waals surface area (Å²) in [6.07, 6.45) is 0. The highest BCUT2D eigenvalue weighted by atomic mass is 32.2. The van der Waals surface area contributed by atoms with Crippen LogP contribution >= 0.6 is 11.8 Å². The van der Waals surface area contributed by atoms with Crippen molar-refractivity contribution in [2.24, 2.45) is 0 Å². The lowest BCUT2D eigenvalue weighted by Gasteiger charge is -2.13. The Kier molecular flexibility index (Phi) is 6.63. The minimum absolute atomic E-state index is 0.0202. The van der Waals surface area contributed by atoms with Gasteiger partial charge in [-0.2, -0.15) is 10.5 Å². The van der Waals surface area contributed by atoms with Gasteiger partial charge in [-0.15, -0.1) is 0 Å². The molecule has 0 unspecified atom stereocenters. The van der Waals surface area contributed by atoms with Gasteiger partial charge in [0, 0.05) is 5.56 Å². The Morgan fingerprint density at radius 1 is 1.10 bits per heavy atom. The van der Waals surface area contributed by atoms with Crippen LogP contribution in [0, 0.1) is 28.5 Å². The van der Waals surface area contributed by atoms with Crippen molar-refractivity contribution in [2.75, 3.05) is 11.5 Å². The number of carbonyl (C=O) groups excluding carboxylic acids is 1. The summed E-state index contributed by atoms with van der Waals surface area (Å²) in [5.74, 6) is -1.22. The van der Waals surface area contributed by atoms with Crippen molar-refractivity contribution in [1.29, 1.82) is 10.5 Å². The van der Waals surface area contributed by atoms with Gasteiger partial charge in [0.15, 0.2) is 0 Å². The molecule has 0 spiro atoms. The average molecular weight is 418 g/mol. The summed E-state index contributed by atoms with van der Waals surface area (Å²) >= 11 is 0.970. The van der Waals surface area contributed by atoms with Crippen LogP contribution in [0.25, 0.3) is 11.1 Å². The SMILES string of the molecule is N#Cc1c(N)nc(SCC(=O)OCc2ccccc2)c(C#N)c1-c1cccc(F)c1. The summed E-state index contributed by atoms with van der Waals surface area (Å²) in [5.41, 5.74) is 7.30. The van der Waals surface area contributed by atoms with Crippen LogP contribution in [-0.4, -0.2) is 16.7 Å². The Balaban J connectivity index is 1.86. The molecule has 0 radical (unpaired) electrons. The van der Waals surface area contributed by atoms with Gasteiger partial charge in [0.25, 0.3) is 0 Å². The van der Waals surface area contributed by atoms with E-state index in [9.17, 15) is 19.7 Å². The fourth-order valence-electron chi connectivity index (χ4n) is 2.74. The number of carbonyl (C=O) groups is 1. The number of ether oxygens (including phenoxy) is 1. The Labute approximate surface area is 176 Å². The molecule has 0 saturated heterocycles. The van der Waals surface area contributed by atoms with Gasteiger partial charge in [-0.1, -0.05) is 54.2 Å². The molecule has 30 heavy (non-hydrogen) atoms. The summed E-state index contributed by atoms with van der Waals surface area (Å²) in [6, 6.07) is 18.6. The highest BCUT2D eigenvalue weighted by molar-refractivity contribution is 7.99. The molecule has 0 aliphatic heterocycles. The van der Waals surface area contributed by atoms with Gasteiger partial charge >= 0.3 is 5.97 Å². The van der Waals surface area contributed by atoms with E-state index in [1.807, 2.05) is 42.5 Å². The molecule has 3 aromatic rings. The van der Waals surface area contributed by atoms with Crippen LogP contribution in [-0.2, 0) is 16.1 Å². The van der Waals surface area contributed by atoms with Crippen molar-refractivity contribution >= 4 is 23.5 Å². The highest BCUT2D eigenvalue weighted by Gasteiger charge is 2.21. The standard InChI is InChI=1S/C22H15FN4O2S/c23-16-8-4-7-15(9-16)20-17(10-24)21(26)27-22(18(20)11-25)30-13-19(28)29-12-14-5-2-1-3-6-14/h1-9H,12-13H2,(H2,26,27). The van der Waals surface area contributed by atoms with Gasteiger partial charge in [-0.25, -0.2) is 9.37 Å². The number of hydrogen-bond acceptors (Lipinski definition) is 7. The molecule has 148 valence electrons. The number of nitriles is 2. The Bertz CT molecular complexity index is 1170. The Morgan fingerprint density at radius 2 is 1.83 bits per heavy atom. The number of nitrogens with zero attached hydrogens (tertiary/aromatic N) is 3. The number of nitrogens with two attached hydrogens (primary N) is 1. The number of esters is 1. The molecule has 0 aliphatic rings. The molecule has 0 bridgehead atoms. The number of hydrogen-bond donors (Lipinski definition) is 1. The van der Waals surface area contributed by atoms with E-state index in [2.05, 4.69) is 4.98 Å². The maximum Gasteiger partial charge on any atom is 0.316 e. The fraction of sp³-hybridized carbons (Fsp3) is 0.0909. The van der Waals surface area contributed by atoms with E-state index in [1.165, 1.54) is 18.2 Å². The summed E-state index contributed by atoms with van der Waals surface area (Å²) in [4.78, 5) is 16.2. The normalized spacial score (nSPS) is 10.1. The lowest BCUT2D eigenvalue weighted by atomic mass is 9.97. The second kappa shape index (κ2) is 9.55. The molecule has 0 amide bonds. The lowest BCUT2D eigenvalue weighted by Crippen LogP contribution is -2.09. The van der Waals surface area contributed by atoms with Crippen LogP contribution in [0.15, 0.2) is 59.6 Å². The van der Waals surface area contributed by atoms with Gasteiger partial charge in [0.05, 0.1) is 11.3 Å². The summed E-state index contributed by atoms with van der Waals surface area (Å²) in [5, 5.41) is 19.3. The van der Waals surface area contributed by atoms with Crippen molar-refractivity contribution in [2.45, 2.75) is 11.6 Å². The molecule has 3 rings (SSSR count). The number of pyridine rings is 1. The van der Waals surface area contributed by atoms with E-state index in [-0.39, 0.29) is 39.9 Å². The molecule has 6 nitrogen and oxygen atoms in total. The van der Waals surface area contributed by atoms with Gasteiger partial charge in [0.1, 0.15) is 41.0 Å². The molecule has 2 N–H and O–H groups in total. The summed E-state index contributed by atoms with van der Waals surface area (Å²) in [6.45, 7) is 0.128. The third-order valence-electron chi connectivity index (χ3n) is 4.10. The zero-order chi connectivity index (χ0) is 21.5. The van der Waals surface area contributed by atoms with Crippen molar-refractivity contribution in [1.82, 2.24) is 4.98 Å². The predicted molar refractivity (Wildman–Crippen MR) is 110 cm³/mol. The second-order valence-electron chi connectivity index (χ2n) is 6.10. The second-order valence-corrected chi connectivity index (χ2v) is 7.06. The maximum atomic E-state index is 13.7. The minimum atomic E-state index is -0.519. The van der Waals surface area contributed by atoms with Crippen LogP contribution in [0.1, 0.15) is 16.7 Å². The van der Waals surface area contributed by atoms with Crippen LogP contribution in [0.5, 0.6) is 0 Å². The predicted octanol–water partition coefficient (Wildman–Crippen LogP) is 4.05. The number of thioether (sulfide) groups is 1. The van der Waals surface area contributed by atoms with E-state index in [0.29, 0.717) is 5.56 Å². The van der Waals surface area contributed by atoms with Gasteiger partial charge < -0.3 is 10.5 Å². The fourth-order valence-corrected chi connectivity index (χ4v) is 3.54. The molecule has 0 fully saturated rings. The highest BCUT2D eigenvalue weighted by Crippen LogP contribution is 2.35. The number of halogens is 1. The number of anilines is 1. The van der Waals surface area contributed by atoms with E-state index in [4.69, 9.17) is 10.5 Å². The first-order valence-electron chi connectivity index (χ1n) is 8.75. The lowest BCUT2D eigenvalue weighted by molar-refractivity contribution is -0.141. The number of aromatic nitrogens is 1.